The Kier molecular flexibility index (Phi) is 4.71. The van der Waals surface area contributed by atoms with Crippen molar-refractivity contribution in [3.8, 4) is 0 Å². The Bertz CT molecular complexity index is 458. The van der Waals surface area contributed by atoms with E-state index in [2.05, 4.69) is 5.32 Å². The summed E-state index contributed by atoms with van der Waals surface area (Å²) in [5, 5.41) is 2.58. The molecule has 0 heterocycles. The molecule has 0 saturated heterocycles. The van der Waals surface area contributed by atoms with Gasteiger partial charge >= 0.3 is 0 Å². The molecular weight excluding hydrogens is 230 g/mol. The lowest BCUT2D eigenvalue weighted by atomic mass is 10.1. The number of nitrogen functional groups attached to an aromatic ring is 1. The molecule has 0 unspecified atom stereocenters. The van der Waals surface area contributed by atoms with Crippen LogP contribution in [0.3, 0.4) is 0 Å². The summed E-state index contributed by atoms with van der Waals surface area (Å²) in [5.41, 5.74) is 7.51. The smallest absolute Gasteiger partial charge is 0.239 e. The Morgan fingerprint density at radius 1 is 1.39 bits per heavy atom. The van der Waals surface area contributed by atoms with Gasteiger partial charge in [-0.25, -0.2) is 0 Å². The number of Topliss-reactive ketones (excluding diaryl/α,β-unsaturated/α-hetero) is 1. The lowest BCUT2D eigenvalue weighted by Gasteiger charge is -2.22. The summed E-state index contributed by atoms with van der Waals surface area (Å²) in [5.74, 6) is -0.150. The number of ketones is 1. The highest BCUT2D eigenvalue weighted by atomic mass is 16.2. The van der Waals surface area contributed by atoms with E-state index in [0.29, 0.717) is 17.8 Å². The van der Waals surface area contributed by atoms with Crippen molar-refractivity contribution in [3.05, 3.63) is 23.8 Å². The minimum atomic E-state index is -0.0784. The number of hydrogen-bond donors (Lipinski definition) is 2. The number of nitrogens with two attached hydrogens (primary N) is 1. The van der Waals surface area contributed by atoms with Crippen LogP contribution < -0.4 is 16.0 Å². The van der Waals surface area contributed by atoms with Crippen LogP contribution in [0.5, 0.6) is 0 Å². The lowest BCUT2D eigenvalue weighted by molar-refractivity contribution is -0.119. The van der Waals surface area contributed by atoms with E-state index in [1.54, 1.807) is 19.2 Å². The zero-order chi connectivity index (χ0) is 13.7. The number of carbonyl (C=O) groups is 2. The maximum Gasteiger partial charge on any atom is 0.239 e. The molecule has 1 aromatic rings. The molecule has 18 heavy (non-hydrogen) atoms. The van der Waals surface area contributed by atoms with Crippen LogP contribution in [0, 0.1) is 0 Å². The van der Waals surface area contributed by atoms with Gasteiger partial charge < -0.3 is 16.0 Å². The van der Waals surface area contributed by atoms with Crippen LogP contribution in [-0.2, 0) is 4.79 Å². The van der Waals surface area contributed by atoms with E-state index in [1.807, 2.05) is 17.9 Å². The first-order chi connectivity index (χ1) is 8.49. The van der Waals surface area contributed by atoms with Crippen molar-refractivity contribution in [1.82, 2.24) is 5.32 Å². The molecule has 0 saturated carbocycles. The minimum absolute atomic E-state index is 0.0712. The van der Waals surface area contributed by atoms with Gasteiger partial charge in [0.05, 0.1) is 6.54 Å². The van der Waals surface area contributed by atoms with Gasteiger partial charge in [-0.1, -0.05) is 0 Å². The average Bonchev–Trinajstić information content (AvgIpc) is 2.36. The highest BCUT2D eigenvalue weighted by molar-refractivity contribution is 6.00. The molecule has 0 spiro atoms. The molecule has 0 aliphatic rings. The van der Waals surface area contributed by atoms with Crippen molar-refractivity contribution in [3.63, 3.8) is 0 Å². The Hall–Kier alpha value is -2.04. The molecule has 5 nitrogen and oxygen atoms in total. The predicted molar refractivity (Wildman–Crippen MR) is 72.8 cm³/mol. The minimum Gasteiger partial charge on any atom is -0.398 e. The van der Waals surface area contributed by atoms with Crippen LogP contribution in [0.4, 0.5) is 11.4 Å². The number of amides is 1. The highest BCUT2D eigenvalue weighted by Gasteiger charge is 2.12. The molecule has 0 bridgehead atoms. The molecule has 0 aliphatic carbocycles. The zero-order valence-electron chi connectivity index (χ0n) is 11.0. The monoisotopic (exact) mass is 249 g/mol. The van der Waals surface area contributed by atoms with Crippen LogP contribution in [0.25, 0.3) is 0 Å². The van der Waals surface area contributed by atoms with Crippen LogP contribution in [-0.4, -0.2) is 31.8 Å². The van der Waals surface area contributed by atoms with Crippen LogP contribution in [0.15, 0.2) is 18.2 Å². The second-order valence-corrected chi connectivity index (χ2v) is 4.02. The first-order valence-electron chi connectivity index (χ1n) is 5.85. The van der Waals surface area contributed by atoms with E-state index in [1.165, 1.54) is 6.92 Å². The number of rotatable bonds is 5. The van der Waals surface area contributed by atoms with E-state index < -0.39 is 0 Å². The van der Waals surface area contributed by atoms with E-state index in [4.69, 9.17) is 5.73 Å². The molecule has 1 aromatic carbocycles. The van der Waals surface area contributed by atoms with Gasteiger partial charge in [-0.3, -0.25) is 9.59 Å². The first kappa shape index (κ1) is 14.0. The van der Waals surface area contributed by atoms with Gasteiger partial charge in [0.25, 0.3) is 0 Å². The number of carbonyl (C=O) groups excluding carboxylic acids is 2. The summed E-state index contributed by atoms with van der Waals surface area (Å²) < 4.78 is 0. The molecular formula is C13H19N3O2. The Labute approximate surface area is 107 Å². The lowest BCUT2D eigenvalue weighted by Crippen LogP contribution is -2.35. The molecule has 1 amide bonds. The Morgan fingerprint density at radius 2 is 2.06 bits per heavy atom. The van der Waals surface area contributed by atoms with Gasteiger partial charge in [-0.05, 0) is 32.0 Å². The van der Waals surface area contributed by atoms with Crippen molar-refractivity contribution in [2.75, 3.05) is 30.8 Å². The average molecular weight is 249 g/mol. The third-order valence-electron chi connectivity index (χ3n) is 2.78. The molecule has 98 valence electrons. The van der Waals surface area contributed by atoms with Crippen molar-refractivity contribution in [1.29, 1.82) is 0 Å². The molecule has 0 atom stereocenters. The summed E-state index contributed by atoms with van der Waals surface area (Å²) >= 11 is 0. The van der Waals surface area contributed by atoms with Gasteiger partial charge in [-0.2, -0.15) is 0 Å². The fraction of sp³-hybridized carbons (Fsp3) is 0.385. The van der Waals surface area contributed by atoms with Crippen LogP contribution in [0.2, 0.25) is 0 Å². The largest absolute Gasteiger partial charge is 0.398 e. The van der Waals surface area contributed by atoms with Crippen molar-refractivity contribution in [2.45, 2.75) is 13.8 Å². The van der Waals surface area contributed by atoms with E-state index in [-0.39, 0.29) is 18.2 Å². The number of anilines is 2. The number of likely N-dealkylation sites (N-methyl/N-ethyl adjacent to an activating group) is 2. The topological polar surface area (TPSA) is 75.4 Å². The van der Waals surface area contributed by atoms with E-state index >= 15 is 0 Å². The van der Waals surface area contributed by atoms with Crippen LogP contribution in [0.1, 0.15) is 24.2 Å². The number of nitrogens with one attached hydrogen (secondary N) is 1. The Balaban J connectivity index is 3.03. The molecule has 5 heteroatoms. The fourth-order valence-corrected chi connectivity index (χ4v) is 1.68. The first-order valence-corrected chi connectivity index (χ1v) is 5.85. The maximum atomic E-state index is 11.4. The zero-order valence-corrected chi connectivity index (χ0v) is 11.0. The number of benzene rings is 1. The van der Waals surface area contributed by atoms with Gasteiger partial charge in [-0.15, -0.1) is 0 Å². The van der Waals surface area contributed by atoms with Crippen molar-refractivity contribution < 1.29 is 9.59 Å². The molecule has 1 rings (SSSR count). The summed E-state index contributed by atoms with van der Waals surface area (Å²) in [4.78, 5) is 24.7. The third-order valence-corrected chi connectivity index (χ3v) is 2.78. The summed E-state index contributed by atoms with van der Waals surface area (Å²) in [6.07, 6.45) is 0. The highest BCUT2D eigenvalue weighted by Crippen LogP contribution is 2.21. The quantitative estimate of drug-likeness (QED) is 0.604. The molecule has 0 aliphatic heterocycles. The number of hydrogen-bond acceptors (Lipinski definition) is 4. The van der Waals surface area contributed by atoms with Crippen molar-refractivity contribution in [2.24, 2.45) is 0 Å². The van der Waals surface area contributed by atoms with Crippen LogP contribution >= 0.6 is 0 Å². The van der Waals surface area contributed by atoms with Gasteiger partial charge in [0.15, 0.2) is 5.78 Å². The van der Waals surface area contributed by atoms with Gasteiger partial charge in [0, 0.05) is 30.5 Å². The predicted octanol–water partition coefficient (Wildman–Crippen LogP) is 1.04. The Morgan fingerprint density at radius 3 is 2.56 bits per heavy atom. The summed E-state index contributed by atoms with van der Waals surface area (Å²) in [6.45, 7) is 4.36. The van der Waals surface area contributed by atoms with E-state index in [0.717, 1.165) is 5.69 Å². The molecule has 0 aromatic heterocycles. The second-order valence-electron chi connectivity index (χ2n) is 4.02. The van der Waals surface area contributed by atoms with Gasteiger partial charge in [0.1, 0.15) is 0 Å². The fourth-order valence-electron chi connectivity index (χ4n) is 1.68. The molecule has 3 N–H and O–H groups in total. The molecule has 0 fully saturated rings. The SMILES string of the molecule is CCN(CC(=O)NC)c1ccc(N)c(C(C)=O)c1. The maximum absolute atomic E-state index is 11.4. The van der Waals surface area contributed by atoms with E-state index in [9.17, 15) is 9.59 Å². The summed E-state index contributed by atoms with van der Waals surface area (Å²) in [7, 11) is 1.60. The standard InChI is InChI=1S/C13H19N3O2/c1-4-16(8-13(18)15-3)10-5-6-12(14)11(7-10)9(2)17/h5-7H,4,8,14H2,1-3H3,(H,15,18). The normalized spacial score (nSPS) is 9.94. The second kappa shape index (κ2) is 6.05. The number of nitrogens with zero attached hydrogens (tertiary/aromatic N) is 1. The van der Waals surface area contributed by atoms with Crippen molar-refractivity contribution >= 4 is 23.1 Å². The third kappa shape index (κ3) is 3.23. The summed E-state index contributed by atoms with van der Waals surface area (Å²) in [6, 6.07) is 5.23. The van der Waals surface area contributed by atoms with Gasteiger partial charge in [0.2, 0.25) is 5.91 Å². The molecule has 0 radical (unpaired) electrons.